The molecule has 2 aromatic carbocycles. The number of nitrogens with two attached hydrogens (primary N) is 1. The highest BCUT2D eigenvalue weighted by atomic mass is 32.2. The van der Waals surface area contributed by atoms with E-state index < -0.39 is 10.0 Å². The summed E-state index contributed by atoms with van der Waals surface area (Å²) in [6, 6.07) is 13.8. The molecule has 162 valence electrons. The molecule has 0 fully saturated rings. The lowest BCUT2D eigenvalue weighted by Gasteiger charge is -2.12. The number of fused-ring (bicyclic) bond motifs is 3. The third-order valence-corrected chi connectivity index (χ3v) is 7.65. The summed E-state index contributed by atoms with van der Waals surface area (Å²) in [4.78, 5) is 8.90. The maximum absolute atomic E-state index is 13.7. The van der Waals surface area contributed by atoms with Gasteiger partial charge in [-0.05, 0) is 55.2 Å². The lowest BCUT2D eigenvalue weighted by Crippen LogP contribution is -2.14. The second-order valence-electron chi connectivity index (χ2n) is 7.80. The lowest BCUT2D eigenvalue weighted by atomic mass is 10.0. The van der Waals surface area contributed by atoms with Crippen LogP contribution in [0, 0.1) is 0 Å². The molecular formula is C23H21N5O3S. The predicted octanol–water partition coefficient (Wildman–Crippen LogP) is 3.48. The number of nitrogens with zero attached hydrogens (tertiary/aromatic N) is 4. The van der Waals surface area contributed by atoms with Crippen LogP contribution < -0.4 is 5.73 Å². The summed E-state index contributed by atoms with van der Waals surface area (Å²) in [7, 11) is -3.91. The van der Waals surface area contributed by atoms with Crippen LogP contribution >= 0.6 is 0 Å². The minimum atomic E-state index is -3.91. The molecule has 0 unspecified atom stereocenters. The Hall–Kier alpha value is -3.56. The van der Waals surface area contributed by atoms with Gasteiger partial charge in [-0.1, -0.05) is 29.4 Å². The zero-order valence-corrected chi connectivity index (χ0v) is 18.1. The average molecular weight is 448 g/mol. The quantitative estimate of drug-likeness (QED) is 0.280. The van der Waals surface area contributed by atoms with E-state index in [9.17, 15) is 8.42 Å². The van der Waals surface area contributed by atoms with Crippen molar-refractivity contribution < 1.29 is 13.6 Å². The first-order valence-electron chi connectivity index (χ1n) is 10.2. The lowest BCUT2D eigenvalue weighted by molar-refractivity contribution is 0.319. The Balaban J connectivity index is 1.80. The van der Waals surface area contributed by atoms with Crippen LogP contribution in [0.3, 0.4) is 0 Å². The summed E-state index contributed by atoms with van der Waals surface area (Å²) in [5, 5.41) is 13.0. The number of oxime groups is 1. The van der Waals surface area contributed by atoms with Gasteiger partial charge in [0.15, 0.2) is 0 Å². The molecule has 2 aromatic heterocycles. The van der Waals surface area contributed by atoms with Gasteiger partial charge in [0.2, 0.25) is 0 Å². The Kier molecular flexibility index (Phi) is 4.79. The summed E-state index contributed by atoms with van der Waals surface area (Å²) in [5.74, 6) is 0. The summed E-state index contributed by atoms with van der Waals surface area (Å²) >= 11 is 0. The molecule has 0 radical (unpaired) electrons. The molecule has 0 amide bonds. The largest absolute Gasteiger partial charge is 0.411 e. The fourth-order valence-electron chi connectivity index (χ4n) is 4.25. The molecule has 9 heteroatoms. The van der Waals surface area contributed by atoms with Gasteiger partial charge in [-0.25, -0.2) is 12.4 Å². The Morgan fingerprint density at radius 3 is 2.62 bits per heavy atom. The van der Waals surface area contributed by atoms with E-state index in [-0.39, 0.29) is 10.9 Å². The summed E-state index contributed by atoms with van der Waals surface area (Å²) < 4.78 is 28.8. The zero-order valence-electron chi connectivity index (χ0n) is 17.3. The highest BCUT2D eigenvalue weighted by Gasteiger charge is 2.28. The first kappa shape index (κ1) is 20.3. The number of aromatic nitrogens is 3. The first-order valence-corrected chi connectivity index (χ1v) is 11.6. The Morgan fingerprint density at radius 2 is 1.94 bits per heavy atom. The highest BCUT2D eigenvalue weighted by Crippen LogP contribution is 2.39. The van der Waals surface area contributed by atoms with Gasteiger partial charge in [0, 0.05) is 11.4 Å². The van der Waals surface area contributed by atoms with Crippen molar-refractivity contribution in [2.24, 2.45) is 10.9 Å². The van der Waals surface area contributed by atoms with Crippen LogP contribution in [0.5, 0.6) is 0 Å². The molecule has 32 heavy (non-hydrogen) atoms. The van der Waals surface area contributed by atoms with Gasteiger partial charge in [0.05, 0.1) is 28.5 Å². The maximum Gasteiger partial charge on any atom is 0.268 e. The van der Waals surface area contributed by atoms with Crippen molar-refractivity contribution in [3.05, 3.63) is 77.7 Å². The average Bonchev–Trinajstić information content (AvgIpc) is 3.40. The Labute approximate surface area is 185 Å². The molecule has 0 saturated carbocycles. The van der Waals surface area contributed by atoms with Crippen LogP contribution in [0.25, 0.3) is 22.3 Å². The standard InChI is InChI=1S/C23H21N5O3S/c1-14(27-29)20-12-26-21(13-25-20)23-11-18-16-7-9-19(24)17(16)8-10-22(18)28(23)32(30,31)15-5-3-2-4-6-15/h2-6,8,10-13,19,29H,7,9,24H2,1H3/b27-14-/t19-/m1/s1. The maximum atomic E-state index is 13.7. The van der Waals surface area contributed by atoms with E-state index in [4.69, 9.17) is 10.9 Å². The van der Waals surface area contributed by atoms with Crippen LogP contribution in [0.1, 0.15) is 36.2 Å². The molecule has 1 atom stereocenters. The molecule has 5 rings (SSSR count). The van der Waals surface area contributed by atoms with E-state index in [1.165, 1.54) is 16.4 Å². The van der Waals surface area contributed by atoms with Crippen LogP contribution in [0.4, 0.5) is 0 Å². The van der Waals surface area contributed by atoms with Crippen molar-refractivity contribution in [1.29, 1.82) is 0 Å². The number of aryl methyl sites for hydroxylation is 1. The number of hydrogen-bond donors (Lipinski definition) is 2. The van der Waals surface area contributed by atoms with Crippen LogP contribution in [-0.4, -0.2) is 33.3 Å². The van der Waals surface area contributed by atoms with Gasteiger partial charge in [-0.2, -0.15) is 0 Å². The van der Waals surface area contributed by atoms with Gasteiger partial charge in [0.1, 0.15) is 17.1 Å². The molecule has 0 spiro atoms. The van der Waals surface area contributed by atoms with Gasteiger partial charge < -0.3 is 10.9 Å². The molecular weight excluding hydrogens is 426 g/mol. The van der Waals surface area contributed by atoms with Gasteiger partial charge in [-0.3, -0.25) is 9.97 Å². The SMILES string of the molecule is C/C(=N/O)c1cnc(-c2cc3c4c(ccc3n2S(=O)(=O)c2ccccc2)[C@H](N)CC4)cn1. The number of hydrogen-bond acceptors (Lipinski definition) is 7. The van der Waals surface area contributed by atoms with Gasteiger partial charge in [-0.15, -0.1) is 0 Å². The van der Waals surface area contributed by atoms with E-state index >= 15 is 0 Å². The topological polar surface area (TPSA) is 123 Å². The van der Waals surface area contributed by atoms with Crippen LogP contribution in [-0.2, 0) is 16.4 Å². The highest BCUT2D eigenvalue weighted by molar-refractivity contribution is 7.90. The number of rotatable bonds is 4. The van der Waals surface area contributed by atoms with Crippen molar-refractivity contribution >= 4 is 26.6 Å². The van der Waals surface area contributed by atoms with Gasteiger partial charge >= 0.3 is 0 Å². The van der Waals surface area contributed by atoms with Crippen molar-refractivity contribution in [3.63, 3.8) is 0 Å². The van der Waals surface area contributed by atoms with Crippen LogP contribution in [0.15, 0.2) is 71.0 Å². The first-order chi connectivity index (χ1) is 15.4. The molecule has 3 N–H and O–H groups in total. The molecule has 1 aliphatic rings. The van der Waals surface area contributed by atoms with E-state index in [1.807, 2.05) is 18.2 Å². The second-order valence-corrected chi connectivity index (χ2v) is 9.58. The van der Waals surface area contributed by atoms with Crippen LogP contribution in [0.2, 0.25) is 0 Å². The second kappa shape index (κ2) is 7.54. The monoisotopic (exact) mass is 447 g/mol. The molecule has 0 bridgehead atoms. The van der Waals surface area contributed by atoms with Crippen molar-refractivity contribution in [1.82, 2.24) is 13.9 Å². The predicted molar refractivity (Wildman–Crippen MR) is 121 cm³/mol. The van der Waals surface area contributed by atoms with E-state index in [0.29, 0.717) is 28.3 Å². The van der Waals surface area contributed by atoms with Crippen molar-refractivity contribution in [2.75, 3.05) is 0 Å². The fourth-order valence-corrected chi connectivity index (χ4v) is 5.78. The van der Waals surface area contributed by atoms with E-state index in [1.54, 1.807) is 37.3 Å². The summed E-state index contributed by atoms with van der Waals surface area (Å²) in [6.45, 7) is 1.60. The van der Waals surface area contributed by atoms with Crippen molar-refractivity contribution in [3.8, 4) is 11.4 Å². The third-order valence-electron chi connectivity index (χ3n) is 5.91. The minimum Gasteiger partial charge on any atom is -0.411 e. The van der Waals surface area contributed by atoms with Crippen molar-refractivity contribution in [2.45, 2.75) is 30.7 Å². The normalized spacial score (nSPS) is 16.4. The Bertz CT molecular complexity index is 1460. The van der Waals surface area contributed by atoms with E-state index in [2.05, 4.69) is 15.1 Å². The molecule has 4 aromatic rings. The molecule has 0 saturated heterocycles. The summed E-state index contributed by atoms with van der Waals surface area (Å²) in [6.07, 6.45) is 4.57. The molecule has 0 aliphatic heterocycles. The fraction of sp³-hybridized carbons (Fsp3) is 0.174. The smallest absolute Gasteiger partial charge is 0.268 e. The van der Waals surface area contributed by atoms with E-state index in [0.717, 1.165) is 29.4 Å². The molecule has 8 nitrogen and oxygen atoms in total. The third kappa shape index (κ3) is 3.09. The summed E-state index contributed by atoms with van der Waals surface area (Å²) in [5.41, 5.74) is 10.5. The minimum absolute atomic E-state index is 0.0493. The molecule has 2 heterocycles. The number of benzene rings is 2. The van der Waals surface area contributed by atoms with Gasteiger partial charge in [0.25, 0.3) is 10.0 Å². The molecule has 1 aliphatic carbocycles. The zero-order chi connectivity index (χ0) is 22.5. The Morgan fingerprint density at radius 1 is 1.16 bits per heavy atom.